The van der Waals surface area contributed by atoms with Gasteiger partial charge in [0.15, 0.2) is 0 Å². The van der Waals surface area contributed by atoms with Crippen LogP contribution in [0.2, 0.25) is 0 Å². The Balaban J connectivity index is 3.10. The first-order valence-corrected chi connectivity index (χ1v) is 7.72. The van der Waals surface area contributed by atoms with Crippen LogP contribution < -0.4 is 5.73 Å². The summed E-state index contributed by atoms with van der Waals surface area (Å²) in [5, 5.41) is 18.5. The summed E-state index contributed by atoms with van der Waals surface area (Å²) in [4.78, 5) is 28.5. The summed E-state index contributed by atoms with van der Waals surface area (Å²) < 4.78 is 11.2. The number of hydrogen-bond acceptors (Lipinski definition) is 4. The van der Waals surface area contributed by atoms with Crippen LogP contribution in [0.4, 0.5) is 0 Å². The number of hydrogen-bond donors (Lipinski definition) is 5. The van der Waals surface area contributed by atoms with E-state index < -0.39 is 25.8 Å². The molecule has 0 bridgehead atoms. The van der Waals surface area contributed by atoms with Crippen LogP contribution in [0, 0.1) is 0 Å². The predicted molar refractivity (Wildman–Crippen MR) is 70.9 cm³/mol. The van der Waals surface area contributed by atoms with Crippen molar-refractivity contribution in [3.05, 3.63) is 27.7 Å². The van der Waals surface area contributed by atoms with Gasteiger partial charge in [-0.1, -0.05) is 6.07 Å². The van der Waals surface area contributed by atoms with E-state index in [1.54, 1.807) is 0 Å². The molecule has 0 radical (unpaired) electrons. The van der Waals surface area contributed by atoms with E-state index in [1.165, 1.54) is 12.1 Å². The fraction of sp³-hybridized carbons (Fsp3) is 0.300. The number of halogens is 1. The van der Waals surface area contributed by atoms with Crippen LogP contribution in [0.3, 0.4) is 0 Å². The van der Waals surface area contributed by atoms with Crippen LogP contribution in [-0.4, -0.2) is 32.0 Å². The molecule has 0 aliphatic carbocycles. The van der Waals surface area contributed by atoms with Crippen LogP contribution in [-0.2, 0) is 21.9 Å². The van der Waals surface area contributed by atoms with Crippen LogP contribution in [0.25, 0.3) is 0 Å². The molecule has 9 heteroatoms. The molecular formula is C10H13BrNO6P. The van der Waals surface area contributed by atoms with Crippen molar-refractivity contribution in [2.24, 2.45) is 5.73 Å². The van der Waals surface area contributed by atoms with Gasteiger partial charge in [0, 0.05) is 6.42 Å². The van der Waals surface area contributed by atoms with Gasteiger partial charge in [0.25, 0.3) is 0 Å². The molecule has 0 fully saturated rings. The summed E-state index contributed by atoms with van der Waals surface area (Å²) in [6, 6.07) is 1.50. The Hall–Kier alpha value is -0.920. The lowest BCUT2D eigenvalue weighted by Gasteiger charge is -2.12. The van der Waals surface area contributed by atoms with Gasteiger partial charge >= 0.3 is 13.6 Å². The normalized spacial score (nSPS) is 13.3. The van der Waals surface area contributed by atoms with E-state index in [0.29, 0.717) is 0 Å². The smallest absolute Gasteiger partial charge is 0.329 e. The molecular weight excluding hydrogens is 341 g/mol. The number of nitrogens with two attached hydrogens (primary N) is 1. The second-order valence-corrected chi connectivity index (χ2v) is 6.56. The van der Waals surface area contributed by atoms with Gasteiger partial charge in [-0.2, -0.15) is 0 Å². The number of rotatable bonds is 5. The lowest BCUT2D eigenvalue weighted by atomic mass is 10.0. The maximum atomic E-state index is 10.9. The fourth-order valence-electron chi connectivity index (χ4n) is 1.53. The van der Waals surface area contributed by atoms with Gasteiger partial charge in [-0.05, 0) is 33.1 Å². The zero-order valence-electron chi connectivity index (χ0n) is 9.65. The maximum absolute atomic E-state index is 10.9. The third kappa shape index (κ3) is 4.93. The van der Waals surface area contributed by atoms with Crippen molar-refractivity contribution in [2.45, 2.75) is 18.6 Å². The van der Waals surface area contributed by atoms with Crippen LogP contribution in [0.5, 0.6) is 5.75 Å². The highest BCUT2D eigenvalue weighted by atomic mass is 79.9. The van der Waals surface area contributed by atoms with Crippen molar-refractivity contribution in [1.82, 2.24) is 0 Å². The van der Waals surface area contributed by atoms with E-state index >= 15 is 0 Å². The predicted octanol–water partition coefficient (Wildman–Crippen LogP) is 0.787. The molecule has 1 rings (SSSR count). The Bertz CT molecular complexity index is 543. The first kappa shape index (κ1) is 16.1. The minimum atomic E-state index is -4.25. The number of benzene rings is 1. The highest BCUT2D eigenvalue weighted by molar-refractivity contribution is 9.10. The van der Waals surface area contributed by atoms with Gasteiger partial charge in [0.1, 0.15) is 11.8 Å². The molecule has 0 saturated heterocycles. The molecule has 0 amide bonds. The van der Waals surface area contributed by atoms with Gasteiger partial charge in [-0.25, -0.2) is 0 Å². The standard InChI is InChI=1S/C10H13BrNO6P/c11-7-2-5(4-19(16,17)18)1-6(9(7)13)3-8(12)10(14)15/h1-2,8,13H,3-4,12H2,(H,14,15)(H2,16,17,18)/t8-/m0/s1. The molecule has 0 heterocycles. The molecule has 19 heavy (non-hydrogen) atoms. The lowest BCUT2D eigenvalue weighted by Crippen LogP contribution is -2.32. The van der Waals surface area contributed by atoms with Gasteiger partial charge in [-0.3, -0.25) is 9.36 Å². The summed E-state index contributed by atoms with van der Waals surface area (Å²) in [5.74, 6) is -1.41. The highest BCUT2D eigenvalue weighted by Gasteiger charge is 2.20. The van der Waals surface area contributed by atoms with Crippen LogP contribution >= 0.6 is 23.5 Å². The zero-order valence-corrected chi connectivity index (χ0v) is 12.1. The van der Waals surface area contributed by atoms with Gasteiger partial charge < -0.3 is 25.7 Å². The van der Waals surface area contributed by atoms with Crippen molar-refractivity contribution < 1.29 is 29.4 Å². The summed E-state index contributed by atoms with van der Waals surface area (Å²) in [6.45, 7) is 0. The SMILES string of the molecule is N[C@@H](Cc1cc(CP(=O)(O)O)cc(Br)c1O)C(=O)O. The first-order valence-electron chi connectivity index (χ1n) is 5.13. The molecule has 1 aromatic rings. The topological polar surface area (TPSA) is 141 Å². The Morgan fingerprint density at radius 2 is 2.00 bits per heavy atom. The molecule has 7 nitrogen and oxygen atoms in total. The summed E-state index contributed by atoms with van der Waals surface area (Å²) in [7, 11) is -4.25. The van der Waals surface area contributed by atoms with Crippen LogP contribution in [0.1, 0.15) is 11.1 Å². The molecule has 106 valence electrons. The van der Waals surface area contributed by atoms with E-state index in [1.807, 2.05) is 0 Å². The number of aromatic hydroxyl groups is 1. The third-order valence-corrected chi connectivity index (χ3v) is 3.73. The van der Waals surface area contributed by atoms with E-state index in [2.05, 4.69) is 15.9 Å². The van der Waals surface area contributed by atoms with Crippen molar-refractivity contribution >= 4 is 29.5 Å². The van der Waals surface area contributed by atoms with Crippen LogP contribution in [0.15, 0.2) is 16.6 Å². The molecule has 6 N–H and O–H groups in total. The number of phenols is 1. The third-order valence-electron chi connectivity index (χ3n) is 2.35. The van der Waals surface area contributed by atoms with E-state index in [9.17, 15) is 14.5 Å². The Morgan fingerprint density at radius 3 is 2.47 bits per heavy atom. The second kappa shape index (κ2) is 6.02. The molecule has 1 atom stereocenters. The van der Waals surface area contributed by atoms with Crippen molar-refractivity contribution in [1.29, 1.82) is 0 Å². The summed E-state index contributed by atoms with van der Waals surface area (Å²) in [5.41, 5.74) is 5.86. The quantitative estimate of drug-likeness (QED) is 0.492. The number of phenolic OH excluding ortho intramolecular Hbond substituents is 1. The molecule has 0 saturated carbocycles. The van der Waals surface area contributed by atoms with Gasteiger partial charge in [0.05, 0.1) is 10.6 Å². The fourth-order valence-corrected chi connectivity index (χ4v) is 2.73. The molecule has 0 unspecified atom stereocenters. The first-order chi connectivity index (χ1) is 8.60. The lowest BCUT2D eigenvalue weighted by molar-refractivity contribution is -0.138. The molecule has 1 aromatic carbocycles. The molecule has 0 aliphatic rings. The van der Waals surface area contributed by atoms with E-state index in [0.717, 1.165) is 0 Å². The van der Waals surface area contributed by atoms with Gasteiger partial charge in [-0.15, -0.1) is 0 Å². The Kier molecular flexibility index (Phi) is 5.11. The highest BCUT2D eigenvalue weighted by Crippen LogP contribution is 2.41. The Morgan fingerprint density at radius 1 is 1.42 bits per heavy atom. The number of carboxylic acid groups (broad SMARTS) is 1. The maximum Gasteiger partial charge on any atom is 0.329 e. The summed E-state index contributed by atoms with van der Waals surface area (Å²) in [6.07, 6.45) is -0.643. The molecule has 0 aliphatic heterocycles. The van der Waals surface area contributed by atoms with Crippen molar-refractivity contribution in [2.75, 3.05) is 0 Å². The molecule has 0 spiro atoms. The Labute approximate surface area is 117 Å². The van der Waals surface area contributed by atoms with E-state index in [4.69, 9.17) is 20.6 Å². The largest absolute Gasteiger partial charge is 0.506 e. The molecule has 0 aromatic heterocycles. The average molecular weight is 354 g/mol. The van der Waals surface area contributed by atoms with Crippen molar-refractivity contribution in [3.63, 3.8) is 0 Å². The zero-order chi connectivity index (χ0) is 14.8. The average Bonchev–Trinajstić information content (AvgIpc) is 2.22. The minimum Gasteiger partial charge on any atom is -0.506 e. The number of aliphatic carboxylic acids is 1. The van der Waals surface area contributed by atoms with Crippen molar-refractivity contribution in [3.8, 4) is 5.75 Å². The second-order valence-electron chi connectivity index (χ2n) is 4.06. The number of carboxylic acids is 1. The minimum absolute atomic E-state index is 0.144. The monoisotopic (exact) mass is 353 g/mol. The van der Waals surface area contributed by atoms with Gasteiger partial charge in [0.2, 0.25) is 0 Å². The number of carbonyl (C=O) groups is 1. The van der Waals surface area contributed by atoms with E-state index in [-0.39, 0.29) is 27.8 Å². The summed E-state index contributed by atoms with van der Waals surface area (Å²) >= 11 is 3.04.